The summed E-state index contributed by atoms with van der Waals surface area (Å²) >= 11 is 1.25. The van der Waals surface area contributed by atoms with E-state index in [2.05, 4.69) is 4.40 Å². The summed E-state index contributed by atoms with van der Waals surface area (Å²) in [6.45, 7) is 3.81. The number of hydrogen-bond donors (Lipinski definition) is 1. The molecule has 7 heteroatoms. The number of thiophene rings is 1. The van der Waals surface area contributed by atoms with E-state index in [0.29, 0.717) is 11.5 Å². The molecule has 98 valence electrons. The summed E-state index contributed by atoms with van der Waals surface area (Å²) in [6.07, 6.45) is 3.06. The second kappa shape index (κ2) is 3.79. The summed E-state index contributed by atoms with van der Waals surface area (Å²) in [5, 5.41) is 1.49. The summed E-state index contributed by atoms with van der Waals surface area (Å²) < 4.78 is 28.6. The number of amidine groups is 1. The van der Waals surface area contributed by atoms with Gasteiger partial charge >= 0.3 is 0 Å². The van der Waals surface area contributed by atoms with Crippen LogP contribution in [0.1, 0.15) is 29.7 Å². The molecule has 1 aromatic heterocycles. The summed E-state index contributed by atoms with van der Waals surface area (Å²) in [5.41, 5.74) is 1.56. The lowest BCUT2D eigenvalue weighted by Crippen LogP contribution is -2.46. The Labute approximate surface area is 110 Å². The molecule has 2 aliphatic rings. The van der Waals surface area contributed by atoms with Gasteiger partial charge in [-0.2, -0.15) is 8.42 Å². The predicted molar refractivity (Wildman–Crippen MR) is 72.4 cm³/mol. The summed E-state index contributed by atoms with van der Waals surface area (Å²) in [5.74, 6) is 6.78. The Hall–Kier alpha value is -0.920. The zero-order valence-corrected chi connectivity index (χ0v) is 11.9. The Morgan fingerprint density at radius 1 is 1.39 bits per heavy atom. The largest absolute Gasteiger partial charge is 0.295 e. The lowest BCUT2D eigenvalue weighted by atomic mass is 9.84. The third-order valence-electron chi connectivity index (χ3n) is 3.73. The third-order valence-corrected chi connectivity index (χ3v) is 6.69. The number of sulfonamides is 1. The van der Waals surface area contributed by atoms with Crippen LogP contribution in [-0.2, 0) is 10.0 Å². The van der Waals surface area contributed by atoms with E-state index in [4.69, 9.17) is 5.84 Å². The number of nitrogens with zero attached hydrogens (tertiary/aromatic N) is 2. The Morgan fingerprint density at radius 3 is 2.61 bits per heavy atom. The fourth-order valence-electron chi connectivity index (χ4n) is 2.30. The highest BCUT2D eigenvalue weighted by atomic mass is 32.2. The Kier molecular flexibility index (Phi) is 2.55. The van der Waals surface area contributed by atoms with E-state index in [1.165, 1.54) is 16.3 Å². The molecule has 0 bridgehead atoms. The van der Waals surface area contributed by atoms with Gasteiger partial charge in [-0.3, -0.25) is 5.01 Å². The fraction of sp³-hybridized carbons (Fsp3) is 0.545. The maximum absolute atomic E-state index is 12.2. The highest BCUT2D eigenvalue weighted by Gasteiger charge is 2.38. The molecule has 18 heavy (non-hydrogen) atoms. The molecule has 0 radical (unpaired) electrons. The highest BCUT2D eigenvalue weighted by molar-refractivity contribution is 7.92. The van der Waals surface area contributed by atoms with Crippen LogP contribution in [0.2, 0.25) is 0 Å². The Balaban J connectivity index is 2.19. The standard InChI is InChI=1S/C11H15N3O2S2/c1-6-7(2)17-11-9(6)14(12)10(8-4-3-5-8)13-18(11,15)16/h8H,3-5,12H2,1-2H3. The highest BCUT2D eigenvalue weighted by Crippen LogP contribution is 2.43. The maximum Gasteiger partial charge on any atom is 0.295 e. The van der Waals surface area contributed by atoms with Gasteiger partial charge in [0.05, 0.1) is 5.69 Å². The van der Waals surface area contributed by atoms with Crippen molar-refractivity contribution in [1.82, 2.24) is 0 Å². The first-order valence-corrected chi connectivity index (χ1v) is 8.17. The van der Waals surface area contributed by atoms with Gasteiger partial charge in [0.25, 0.3) is 10.0 Å². The molecular formula is C11H15N3O2S2. The first-order chi connectivity index (χ1) is 8.42. The van der Waals surface area contributed by atoms with Crippen LogP contribution < -0.4 is 10.9 Å². The molecule has 1 aliphatic heterocycles. The number of hydrazine groups is 1. The molecule has 1 fully saturated rings. The van der Waals surface area contributed by atoms with Crippen molar-refractivity contribution in [3.63, 3.8) is 0 Å². The molecule has 0 amide bonds. The van der Waals surface area contributed by atoms with Gasteiger partial charge in [-0.05, 0) is 32.3 Å². The van der Waals surface area contributed by atoms with Crippen molar-refractivity contribution in [1.29, 1.82) is 0 Å². The molecule has 1 aromatic rings. The molecule has 1 aliphatic carbocycles. The van der Waals surface area contributed by atoms with E-state index >= 15 is 0 Å². The van der Waals surface area contributed by atoms with Crippen LogP contribution >= 0.6 is 11.3 Å². The normalized spacial score (nSPS) is 22.4. The van der Waals surface area contributed by atoms with Crippen molar-refractivity contribution >= 4 is 32.9 Å². The quantitative estimate of drug-likeness (QED) is 0.800. The first kappa shape index (κ1) is 12.1. The summed E-state index contributed by atoms with van der Waals surface area (Å²) in [7, 11) is -3.56. The van der Waals surface area contributed by atoms with Gasteiger partial charge in [0, 0.05) is 10.8 Å². The van der Waals surface area contributed by atoms with Crippen LogP contribution in [0.5, 0.6) is 0 Å². The molecule has 2 heterocycles. The topological polar surface area (TPSA) is 75.8 Å². The van der Waals surface area contributed by atoms with Gasteiger partial charge in [-0.15, -0.1) is 15.7 Å². The number of anilines is 1. The summed E-state index contributed by atoms with van der Waals surface area (Å²) in [6, 6.07) is 0. The molecule has 0 saturated heterocycles. The lowest BCUT2D eigenvalue weighted by molar-refractivity contribution is 0.408. The molecule has 0 spiro atoms. The molecule has 0 unspecified atom stereocenters. The molecular weight excluding hydrogens is 270 g/mol. The molecule has 0 atom stereocenters. The smallest absolute Gasteiger partial charge is 0.262 e. The minimum absolute atomic E-state index is 0.192. The van der Waals surface area contributed by atoms with Crippen LogP contribution in [-0.4, -0.2) is 14.3 Å². The van der Waals surface area contributed by atoms with Gasteiger partial charge in [-0.25, -0.2) is 5.84 Å². The van der Waals surface area contributed by atoms with Gasteiger partial charge in [0.2, 0.25) is 0 Å². The molecule has 5 nitrogen and oxygen atoms in total. The van der Waals surface area contributed by atoms with Crippen molar-refractivity contribution < 1.29 is 8.42 Å². The number of fused-ring (bicyclic) bond motifs is 1. The number of aryl methyl sites for hydroxylation is 1. The SMILES string of the molecule is Cc1sc2c(c1C)N(N)C(C1CCC1)=NS2(=O)=O. The first-order valence-electron chi connectivity index (χ1n) is 5.91. The fourth-order valence-corrected chi connectivity index (χ4v) is 5.14. The van der Waals surface area contributed by atoms with Crippen LogP contribution in [0.25, 0.3) is 0 Å². The minimum atomic E-state index is -3.56. The average molecular weight is 285 g/mol. The zero-order chi connectivity index (χ0) is 13.1. The van der Waals surface area contributed by atoms with Gasteiger partial charge in [0.1, 0.15) is 5.84 Å². The summed E-state index contributed by atoms with van der Waals surface area (Å²) in [4.78, 5) is 0.976. The van der Waals surface area contributed by atoms with Crippen molar-refractivity contribution in [3.05, 3.63) is 10.4 Å². The number of rotatable bonds is 1. The van der Waals surface area contributed by atoms with Crippen molar-refractivity contribution in [2.75, 3.05) is 5.01 Å². The van der Waals surface area contributed by atoms with E-state index in [9.17, 15) is 8.42 Å². The number of nitrogens with two attached hydrogens (primary N) is 1. The van der Waals surface area contributed by atoms with E-state index < -0.39 is 10.0 Å². The molecule has 2 N–H and O–H groups in total. The predicted octanol–water partition coefficient (Wildman–Crippen LogP) is 1.95. The third kappa shape index (κ3) is 1.54. The van der Waals surface area contributed by atoms with Crippen LogP contribution in [0, 0.1) is 19.8 Å². The van der Waals surface area contributed by atoms with E-state index in [1.54, 1.807) is 0 Å². The van der Waals surface area contributed by atoms with Gasteiger partial charge < -0.3 is 0 Å². The Morgan fingerprint density at radius 2 is 2.06 bits per heavy atom. The number of hydrogen-bond acceptors (Lipinski definition) is 5. The molecule has 1 saturated carbocycles. The van der Waals surface area contributed by atoms with E-state index in [0.717, 1.165) is 29.7 Å². The van der Waals surface area contributed by atoms with Crippen LogP contribution in [0.4, 0.5) is 5.69 Å². The zero-order valence-electron chi connectivity index (χ0n) is 10.3. The lowest BCUT2D eigenvalue weighted by Gasteiger charge is -2.34. The Bertz CT molecular complexity index is 641. The van der Waals surface area contributed by atoms with E-state index in [1.807, 2.05) is 13.8 Å². The van der Waals surface area contributed by atoms with Crippen molar-refractivity contribution in [2.45, 2.75) is 37.3 Å². The van der Waals surface area contributed by atoms with Gasteiger partial charge in [0.15, 0.2) is 4.21 Å². The maximum atomic E-state index is 12.2. The average Bonchev–Trinajstić information content (AvgIpc) is 2.51. The van der Waals surface area contributed by atoms with Crippen molar-refractivity contribution in [2.24, 2.45) is 16.2 Å². The van der Waals surface area contributed by atoms with Crippen LogP contribution in [0.15, 0.2) is 8.61 Å². The molecule has 0 aromatic carbocycles. The second-order valence-electron chi connectivity index (χ2n) is 4.84. The molecule has 3 rings (SSSR count). The second-order valence-corrected chi connectivity index (χ2v) is 7.87. The van der Waals surface area contributed by atoms with Crippen LogP contribution in [0.3, 0.4) is 0 Å². The monoisotopic (exact) mass is 285 g/mol. The minimum Gasteiger partial charge on any atom is -0.262 e. The van der Waals surface area contributed by atoms with E-state index in [-0.39, 0.29) is 10.1 Å². The van der Waals surface area contributed by atoms with Gasteiger partial charge in [-0.1, -0.05) is 6.42 Å². The van der Waals surface area contributed by atoms with Crippen molar-refractivity contribution in [3.8, 4) is 0 Å².